The number of aryl methyl sites for hydroxylation is 1. The molecule has 10 nitrogen and oxygen atoms in total. The lowest BCUT2D eigenvalue weighted by molar-refractivity contribution is -0.139. The van der Waals surface area contributed by atoms with Gasteiger partial charge in [0.15, 0.2) is 11.5 Å². The van der Waals surface area contributed by atoms with Crippen molar-refractivity contribution in [2.24, 2.45) is 0 Å². The summed E-state index contributed by atoms with van der Waals surface area (Å²) < 4.78 is 46.1. The molecule has 248 valence electrons. The zero-order valence-corrected chi connectivity index (χ0v) is 28.1. The number of likely N-dealkylation sites (N-methyl/N-ethyl adjacent to an activating group) is 1. The fourth-order valence-corrected chi connectivity index (χ4v) is 6.63. The molecule has 0 aliphatic rings. The number of methoxy groups -OCH3 is 2. The van der Waals surface area contributed by atoms with Crippen LogP contribution in [0.5, 0.6) is 17.2 Å². The average molecular weight is 660 g/mol. The van der Waals surface area contributed by atoms with Crippen LogP contribution in [0.2, 0.25) is 0 Å². The Hall–Kier alpha value is -5.03. The fourth-order valence-electron chi connectivity index (χ4n) is 5.20. The van der Waals surface area contributed by atoms with Gasteiger partial charge in [0.2, 0.25) is 11.8 Å². The van der Waals surface area contributed by atoms with Crippen LogP contribution in [0.15, 0.2) is 102 Å². The molecular weight excluding hydrogens is 618 g/mol. The minimum atomic E-state index is -4.35. The van der Waals surface area contributed by atoms with Gasteiger partial charge in [-0.15, -0.1) is 0 Å². The minimum absolute atomic E-state index is 0.0873. The van der Waals surface area contributed by atoms with Gasteiger partial charge < -0.3 is 24.4 Å². The molecule has 4 aromatic rings. The van der Waals surface area contributed by atoms with Crippen LogP contribution in [-0.2, 0) is 32.6 Å². The topological polar surface area (TPSA) is 114 Å². The van der Waals surface area contributed by atoms with Crippen LogP contribution < -0.4 is 23.8 Å². The second kappa shape index (κ2) is 16.0. The summed E-state index contributed by atoms with van der Waals surface area (Å²) >= 11 is 0. The van der Waals surface area contributed by atoms with Gasteiger partial charge in [-0.1, -0.05) is 54.6 Å². The first-order chi connectivity index (χ1) is 22.6. The molecule has 47 heavy (non-hydrogen) atoms. The molecule has 0 heterocycles. The zero-order chi connectivity index (χ0) is 34.0. The monoisotopic (exact) mass is 659 g/mol. The molecule has 1 N–H and O–H groups in total. The standard InChI is InChI=1S/C36H41N3O7S/c1-6-46-30-18-16-29(17-19-30)39(47(42,43)31-20-21-33(44-4)34(23-31)45-5)25-35(40)38(24-28-15-11-10-12-26(28)2)32(36(41)37-3)22-27-13-8-7-9-14-27/h7-21,23,32H,6,22,24-25H2,1-5H3,(H,37,41). The van der Waals surface area contributed by atoms with E-state index in [4.69, 9.17) is 14.2 Å². The number of carbonyl (C=O) groups is 2. The Kier molecular flexibility index (Phi) is 11.9. The number of amides is 2. The zero-order valence-electron chi connectivity index (χ0n) is 27.3. The summed E-state index contributed by atoms with van der Waals surface area (Å²) in [7, 11) is 0.0409. The Morgan fingerprint density at radius 3 is 2.13 bits per heavy atom. The first kappa shape index (κ1) is 34.8. The highest BCUT2D eigenvalue weighted by atomic mass is 32.2. The van der Waals surface area contributed by atoms with E-state index in [0.29, 0.717) is 18.1 Å². The number of hydrogen-bond acceptors (Lipinski definition) is 7. The Labute approximate surface area is 276 Å². The minimum Gasteiger partial charge on any atom is -0.494 e. The SMILES string of the molecule is CCOc1ccc(N(CC(=O)N(Cc2ccccc2C)C(Cc2ccccc2)C(=O)NC)S(=O)(=O)c2ccc(OC)c(OC)c2)cc1. The Morgan fingerprint density at radius 1 is 0.851 bits per heavy atom. The smallest absolute Gasteiger partial charge is 0.264 e. The van der Waals surface area contributed by atoms with E-state index >= 15 is 0 Å². The molecule has 1 atom stereocenters. The van der Waals surface area contributed by atoms with E-state index < -0.39 is 28.5 Å². The van der Waals surface area contributed by atoms with Crippen molar-refractivity contribution in [3.63, 3.8) is 0 Å². The van der Waals surface area contributed by atoms with Gasteiger partial charge in [0, 0.05) is 26.1 Å². The van der Waals surface area contributed by atoms with Crippen LogP contribution >= 0.6 is 0 Å². The summed E-state index contributed by atoms with van der Waals surface area (Å²) in [6.07, 6.45) is 0.226. The second-order valence-corrected chi connectivity index (χ2v) is 12.6. The number of ether oxygens (including phenoxy) is 3. The number of carbonyl (C=O) groups excluding carboxylic acids is 2. The largest absolute Gasteiger partial charge is 0.494 e. The predicted molar refractivity (Wildman–Crippen MR) is 181 cm³/mol. The summed E-state index contributed by atoms with van der Waals surface area (Å²) in [4.78, 5) is 29.4. The quantitative estimate of drug-likeness (QED) is 0.191. The predicted octanol–water partition coefficient (Wildman–Crippen LogP) is 4.99. The molecule has 1 unspecified atom stereocenters. The number of sulfonamides is 1. The highest BCUT2D eigenvalue weighted by Crippen LogP contribution is 2.33. The molecule has 11 heteroatoms. The van der Waals surface area contributed by atoms with Gasteiger partial charge >= 0.3 is 0 Å². The van der Waals surface area contributed by atoms with Crippen molar-refractivity contribution in [2.45, 2.75) is 37.8 Å². The van der Waals surface area contributed by atoms with Gasteiger partial charge in [-0.3, -0.25) is 13.9 Å². The highest BCUT2D eigenvalue weighted by Gasteiger charge is 2.35. The van der Waals surface area contributed by atoms with Crippen molar-refractivity contribution >= 4 is 27.5 Å². The van der Waals surface area contributed by atoms with E-state index in [2.05, 4.69) is 5.32 Å². The van der Waals surface area contributed by atoms with Crippen LogP contribution in [0.1, 0.15) is 23.6 Å². The van der Waals surface area contributed by atoms with Crippen LogP contribution in [0.25, 0.3) is 0 Å². The van der Waals surface area contributed by atoms with Crippen molar-refractivity contribution in [2.75, 3.05) is 38.7 Å². The van der Waals surface area contributed by atoms with Crippen LogP contribution in [0.4, 0.5) is 5.69 Å². The Bertz CT molecular complexity index is 1760. The molecule has 0 spiro atoms. The molecular formula is C36H41N3O7S. The number of hydrogen-bond donors (Lipinski definition) is 1. The molecule has 0 aliphatic carbocycles. The van der Waals surface area contributed by atoms with Gasteiger partial charge in [0.1, 0.15) is 18.3 Å². The number of anilines is 1. The third-order valence-electron chi connectivity index (χ3n) is 7.78. The van der Waals surface area contributed by atoms with E-state index in [1.165, 1.54) is 44.4 Å². The average Bonchev–Trinajstić information content (AvgIpc) is 3.09. The maximum Gasteiger partial charge on any atom is 0.264 e. The van der Waals surface area contributed by atoms with E-state index in [-0.39, 0.29) is 35.2 Å². The lowest BCUT2D eigenvalue weighted by Crippen LogP contribution is -2.53. The summed E-state index contributed by atoms with van der Waals surface area (Å²) in [6.45, 7) is 3.71. The molecule has 0 bridgehead atoms. The highest BCUT2D eigenvalue weighted by molar-refractivity contribution is 7.92. The normalized spacial score (nSPS) is 11.7. The van der Waals surface area contributed by atoms with Gasteiger partial charge in [-0.2, -0.15) is 0 Å². The second-order valence-electron chi connectivity index (χ2n) is 10.7. The molecule has 0 radical (unpaired) electrons. The molecule has 4 rings (SSSR count). The Morgan fingerprint density at radius 2 is 1.51 bits per heavy atom. The maximum absolute atomic E-state index is 14.5. The third-order valence-corrected chi connectivity index (χ3v) is 9.55. The lowest BCUT2D eigenvalue weighted by Gasteiger charge is -2.34. The molecule has 0 saturated heterocycles. The summed E-state index contributed by atoms with van der Waals surface area (Å²) in [6, 6.07) is 26.8. The van der Waals surface area contributed by atoms with Crippen molar-refractivity contribution in [3.8, 4) is 17.2 Å². The molecule has 0 aromatic heterocycles. The summed E-state index contributed by atoms with van der Waals surface area (Å²) in [5.74, 6) is 0.195. The van der Waals surface area contributed by atoms with Crippen molar-refractivity contribution in [1.29, 1.82) is 0 Å². The Balaban J connectivity index is 1.82. The van der Waals surface area contributed by atoms with Crippen LogP contribution in [0, 0.1) is 6.92 Å². The molecule has 0 aliphatic heterocycles. The number of benzene rings is 4. The maximum atomic E-state index is 14.5. The fraction of sp³-hybridized carbons (Fsp3) is 0.278. The van der Waals surface area contributed by atoms with E-state index in [9.17, 15) is 18.0 Å². The van der Waals surface area contributed by atoms with Crippen molar-refractivity contribution in [1.82, 2.24) is 10.2 Å². The number of nitrogens with one attached hydrogen (secondary N) is 1. The van der Waals surface area contributed by atoms with Crippen LogP contribution in [-0.4, -0.2) is 65.6 Å². The van der Waals surface area contributed by atoms with Gasteiger partial charge in [0.25, 0.3) is 10.0 Å². The van der Waals surface area contributed by atoms with Gasteiger partial charge in [-0.05, 0) is 66.9 Å². The molecule has 4 aromatic carbocycles. The first-order valence-corrected chi connectivity index (χ1v) is 16.6. The number of rotatable bonds is 15. The molecule has 0 fully saturated rings. The third kappa shape index (κ3) is 8.42. The lowest BCUT2D eigenvalue weighted by atomic mass is 10.0. The van der Waals surface area contributed by atoms with Crippen molar-refractivity contribution < 1.29 is 32.2 Å². The van der Waals surface area contributed by atoms with E-state index in [0.717, 1.165) is 21.0 Å². The van der Waals surface area contributed by atoms with Crippen LogP contribution in [0.3, 0.4) is 0 Å². The first-order valence-electron chi connectivity index (χ1n) is 15.2. The molecule has 0 saturated carbocycles. The van der Waals surface area contributed by atoms with E-state index in [1.54, 1.807) is 24.3 Å². The van der Waals surface area contributed by atoms with Gasteiger partial charge in [0.05, 0.1) is 31.4 Å². The number of nitrogens with zero attached hydrogens (tertiary/aromatic N) is 2. The van der Waals surface area contributed by atoms with Crippen molar-refractivity contribution in [3.05, 3.63) is 114 Å². The molecule has 2 amide bonds. The van der Waals surface area contributed by atoms with E-state index in [1.807, 2.05) is 68.4 Å². The summed E-state index contributed by atoms with van der Waals surface area (Å²) in [5.41, 5.74) is 2.86. The summed E-state index contributed by atoms with van der Waals surface area (Å²) in [5, 5.41) is 2.70. The van der Waals surface area contributed by atoms with Gasteiger partial charge in [-0.25, -0.2) is 8.42 Å².